The lowest BCUT2D eigenvalue weighted by atomic mass is 9.82. The zero-order valence-electron chi connectivity index (χ0n) is 15.6. The quantitative estimate of drug-likeness (QED) is 0.739. The van der Waals surface area contributed by atoms with E-state index in [1.807, 2.05) is 11.0 Å². The molecule has 6 heteroatoms. The molecule has 0 unspecified atom stereocenters. The molecule has 1 aliphatic carbocycles. The smallest absolute Gasteiger partial charge is 0.276 e. The molecular formula is C22H22N4O2. The van der Waals surface area contributed by atoms with Gasteiger partial charge < -0.3 is 19.3 Å². The van der Waals surface area contributed by atoms with Crippen molar-refractivity contribution in [1.29, 1.82) is 0 Å². The molecule has 0 atom stereocenters. The number of anilines is 1. The van der Waals surface area contributed by atoms with E-state index in [-0.39, 0.29) is 11.4 Å². The second-order valence-electron chi connectivity index (χ2n) is 8.17. The van der Waals surface area contributed by atoms with E-state index < -0.39 is 0 Å². The maximum Gasteiger partial charge on any atom is 0.276 e. The number of fused-ring (bicyclic) bond motifs is 4. The highest BCUT2D eigenvalue weighted by molar-refractivity contribution is 5.92. The summed E-state index contributed by atoms with van der Waals surface area (Å²) in [6, 6.07) is 14.5. The summed E-state index contributed by atoms with van der Waals surface area (Å²) in [6.07, 6.45) is 6.14. The Kier molecular flexibility index (Phi) is 3.27. The third kappa shape index (κ3) is 2.33. The number of likely N-dealkylation sites (tertiary alicyclic amines) is 1. The van der Waals surface area contributed by atoms with Gasteiger partial charge in [0.1, 0.15) is 5.76 Å². The molecule has 2 aliphatic heterocycles. The SMILES string of the molecule is O=C(c1cc(C2CC2)on1)N1CCC2(CC1)Nc1ccccc1-n1cccc12. The van der Waals surface area contributed by atoms with Gasteiger partial charge in [-0.3, -0.25) is 4.79 Å². The van der Waals surface area contributed by atoms with Crippen LogP contribution in [0.2, 0.25) is 0 Å². The normalized spacial score (nSPS) is 19.8. The number of amides is 1. The van der Waals surface area contributed by atoms with Crippen molar-refractivity contribution in [2.75, 3.05) is 18.4 Å². The Labute approximate surface area is 163 Å². The van der Waals surface area contributed by atoms with E-state index >= 15 is 0 Å². The van der Waals surface area contributed by atoms with Crippen LogP contribution in [0.5, 0.6) is 0 Å². The highest BCUT2D eigenvalue weighted by Crippen LogP contribution is 2.44. The number of rotatable bonds is 2. The number of benzene rings is 1. The fraction of sp³-hybridized carbons (Fsp3) is 0.364. The maximum absolute atomic E-state index is 12.9. The van der Waals surface area contributed by atoms with E-state index in [9.17, 15) is 4.79 Å². The van der Waals surface area contributed by atoms with Crippen LogP contribution >= 0.6 is 0 Å². The van der Waals surface area contributed by atoms with Crippen molar-refractivity contribution in [3.63, 3.8) is 0 Å². The number of aromatic nitrogens is 2. The van der Waals surface area contributed by atoms with Crippen molar-refractivity contribution in [2.45, 2.75) is 37.1 Å². The molecular weight excluding hydrogens is 352 g/mol. The topological polar surface area (TPSA) is 63.3 Å². The van der Waals surface area contributed by atoms with E-state index in [1.54, 1.807) is 0 Å². The van der Waals surface area contributed by atoms with Crippen LogP contribution in [0.3, 0.4) is 0 Å². The van der Waals surface area contributed by atoms with Crippen molar-refractivity contribution >= 4 is 11.6 Å². The Morgan fingerprint density at radius 2 is 1.96 bits per heavy atom. The van der Waals surface area contributed by atoms with Gasteiger partial charge in [0.15, 0.2) is 5.69 Å². The minimum atomic E-state index is -0.141. The molecule has 1 spiro atoms. The Morgan fingerprint density at radius 1 is 1.14 bits per heavy atom. The molecule has 1 aromatic carbocycles. The number of hydrogen-bond donors (Lipinski definition) is 1. The first-order chi connectivity index (χ1) is 13.7. The molecule has 3 aliphatic rings. The molecule has 0 radical (unpaired) electrons. The van der Waals surface area contributed by atoms with Crippen LogP contribution < -0.4 is 5.32 Å². The van der Waals surface area contributed by atoms with Gasteiger partial charge >= 0.3 is 0 Å². The first kappa shape index (κ1) is 16.0. The number of carbonyl (C=O) groups excluding carboxylic acids is 1. The lowest BCUT2D eigenvalue weighted by Crippen LogP contribution is -2.51. The first-order valence-electron chi connectivity index (χ1n) is 10.0. The number of para-hydroxylation sites is 2. The average molecular weight is 374 g/mol. The molecule has 4 heterocycles. The summed E-state index contributed by atoms with van der Waals surface area (Å²) < 4.78 is 7.65. The summed E-state index contributed by atoms with van der Waals surface area (Å²) in [5.41, 5.74) is 3.91. The van der Waals surface area contributed by atoms with E-state index in [1.165, 1.54) is 11.4 Å². The van der Waals surface area contributed by atoms with Crippen molar-refractivity contribution in [1.82, 2.24) is 14.6 Å². The summed E-state index contributed by atoms with van der Waals surface area (Å²) in [5.74, 6) is 1.32. The molecule has 2 aromatic heterocycles. The summed E-state index contributed by atoms with van der Waals surface area (Å²) in [4.78, 5) is 14.8. The minimum absolute atomic E-state index is 0.0166. The molecule has 1 N–H and O–H groups in total. The van der Waals surface area contributed by atoms with Crippen molar-refractivity contribution < 1.29 is 9.32 Å². The zero-order chi connectivity index (χ0) is 18.7. The summed E-state index contributed by atoms with van der Waals surface area (Å²) >= 11 is 0. The second kappa shape index (κ2) is 5.74. The maximum atomic E-state index is 12.9. The standard InChI is InChI=1S/C22H22N4O2/c27-21(17-14-19(28-24-17)15-7-8-15)25-12-9-22(10-13-25)20-6-3-11-26(20)18-5-2-1-4-16(18)23-22/h1-6,11,14-15,23H,7-10,12-13H2. The van der Waals surface area contributed by atoms with E-state index in [4.69, 9.17) is 4.52 Å². The van der Waals surface area contributed by atoms with Crippen LogP contribution in [0.25, 0.3) is 5.69 Å². The van der Waals surface area contributed by atoms with Gasteiger partial charge in [0.25, 0.3) is 5.91 Å². The van der Waals surface area contributed by atoms with E-state index in [2.05, 4.69) is 57.6 Å². The Bertz CT molecular complexity index is 1050. The van der Waals surface area contributed by atoms with Gasteiger partial charge in [-0.15, -0.1) is 0 Å². The van der Waals surface area contributed by atoms with E-state index in [0.717, 1.165) is 37.1 Å². The molecule has 0 bridgehead atoms. The van der Waals surface area contributed by atoms with Crippen molar-refractivity contribution in [3.8, 4) is 5.69 Å². The highest BCUT2D eigenvalue weighted by Gasteiger charge is 2.42. The van der Waals surface area contributed by atoms with Crippen LogP contribution in [0, 0.1) is 0 Å². The molecule has 142 valence electrons. The third-order valence-corrected chi connectivity index (χ3v) is 6.41. The predicted octanol–water partition coefficient (Wildman–Crippen LogP) is 3.90. The summed E-state index contributed by atoms with van der Waals surface area (Å²) in [7, 11) is 0. The van der Waals surface area contributed by atoms with Gasteiger partial charge in [-0.05, 0) is 49.9 Å². The zero-order valence-corrected chi connectivity index (χ0v) is 15.6. The first-order valence-corrected chi connectivity index (χ1v) is 10.0. The molecule has 6 rings (SSSR count). The van der Waals surface area contributed by atoms with Gasteiger partial charge in [0.05, 0.1) is 16.9 Å². The van der Waals surface area contributed by atoms with Gasteiger partial charge in [-0.1, -0.05) is 17.3 Å². The number of hydrogen-bond acceptors (Lipinski definition) is 4. The molecule has 6 nitrogen and oxygen atoms in total. The van der Waals surface area contributed by atoms with Crippen LogP contribution in [0.1, 0.15) is 53.5 Å². The number of piperidine rings is 1. The number of nitrogens with zero attached hydrogens (tertiary/aromatic N) is 3. The number of nitrogens with one attached hydrogen (secondary N) is 1. The molecule has 1 saturated heterocycles. The minimum Gasteiger partial charge on any atom is -0.372 e. The summed E-state index contributed by atoms with van der Waals surface area (Å²) in [5, 5.41) is 7.82. The van der Waals surface area contributed by atoms with Crippen LogP contribution in [0.15, 0.2) is 53.2 Å². The lowest BCUT2D eigenvalue weighted by Gasteiger charge is -2.46. The second-order valence-corrected chi connectivity index (χ2v) is 8.17. The van der Waals surface area contributed by atoms with Gasteiger partial charge in [-0.25, -0.2) is 0 Å². The Hall–Kier alpha value is -3.02. The van der Waals surface area contributed by atoms with Gasteiger partial charge in [0.2, 0.25) is 0 Å². The molecule has 3 aromatic rings. The summed E-state index contributed by atoms with van der Waals surface area (Å²) in [6.45, 7) is 1.40. The third-order valence-electron chi connectivity index (χ3n) is 6.41. The molecule has 2 fully saturated rings. The fourth-order valence-electron chi connectivity index (χ4n) is 4.68. The Morgan fingerprint density at radius 3 is 2.79 bits per heavy atom. The predicted molar refractivity (Wildman–Crippen MR) is 105 cm³/mol. The van der Waals surface area contributed by atoms with Crippen molar-refractivity contribution in [3.05, 3.63) is 65.8 Å². The largest absolute Gasteiger partial charge is 0.372 e. The molecule has 1 saturated carbocycles. The Balaban J connectivity index is 1.24. The van der Waals surface area contributed by atoms with Crippen LogP contribution in [-0.4, -0.2) is 33.6 Å². The fourth-order valence-corrected chi connectivity index (χ4v) is 4.68. The van der Waals surface area contributed by atoms with Crippen molar-refractivity contribution in [2.24, 2.45) is 0 Å². The van der Waals surface area contributed by atoms with Crippen LogP contribution in [-0.2, 0) is 5.54 Å². The van der Waals surface area contributed by atoms with Gasteiger partial charge in [0, 0.05) is 37.0 Å². The highest BCUT2D eigenvalue weighted by atomic mass is 16.5. The molecule has 1 amide bonds. The average Bonchev–Trinajstić information content (AvgIpc) is 3.25. The van der Waals surface area contributed by atoms with Gasteiger partial charge in [-0.2, -0.15) is 0 Å². The molecule has 28 heavy (non-hydrogen) atoms. The van der Waals surface area contributed by atoms with Crippen LogP contribution in [0.4, 0.5) is 5.69 Å². The lowest BCUT2D eigenvalue weighted by molar-refractivity contribution is 0.0666. The number of carbonyl (C=O) groups is 1. The monoisotopic (exact) mass is 374 g/mol. The van der Waals surface area contributed by atoms with E-state index in [0.29, 0.717) is 24.7 Å².